The molecule has 0 aromatic rings. The molecule has 1 aliphatic rings. The Morgan fingerprint density at radius 2 is 2.22 bits per heavy atom. The minimum Gasteiger partial charge on any atom is -0.283 e. The Labute approximate surface area is 55.3 Å². The SMILES string of the molecule is CC1(C)CCO[P](=O)O1. The van der Waals surface area contributed by atoms with E-state index in [2.05, 4.69) is 0 Å². The van der Waals surface area contributed by atoms with E-state index in [1.54, 1.807) is 0 Å². The molecule has 1 fully saturated rings. The van der Waals surface area contributed by atoms with Gasteiger partial charge in [-0.2, -0.15) is 0 Å². The second-order valence-corrected chi connectivity index (χ2v) is 3.55. The Bertz CT molecular complexity index is 132. The Kier molecular flexibility index (Phi) is 1.85. The summed E-state index contributed by atoms with van der Waals surface area (Å²) in [5, 5.41) is 0. The maximum absolute atomic E-state index is 10.6. The van der Waals surface area contributed by atoms with E-state index in [-0.39, 0.29) is 5.60 Å². The summed E-state index contributed by atoms with van der Waals surface area (Å²) in [6, 6.07) is 0. The molecule has 1 atom stereocenters. The van der Waals surface area contributed by atoms with Crippen molar-refractivity contribution in [2.75, 3.05) is 6.61 Å². The first-order valence-corrected chi connectivity index (χ1v) is 3.99. The van der Waals surface area contributed by atoms with Gasteiger partial charge < -0.3 is 0 Å². The third kappa shape index (κ3) is 2.01. The Hall–Kier alpha value is 0.0200. The van der Waals surface area contributed by atoms with Crippen LogP contribution in [0, 0.1) is 0 Å². The fourth-order valence-corrected chi connectivity index (χ4v) is 1.43. The molecule has 1 unspecified atom stereocenters. The molecule has 0 bridgehead atoms. The molecule has 53 valence electrons. The van der Waals surface area contributed by atoms with Crippen molar-refractivity contribution in [3.05, 3.63) is 0 Å². The lowest BCUT2D eigenvalue weighted by Gasteiger charge is -2.26. The highest BCUT2D eigenvalue weighted by atomic mass is 31.1. The van der Waals surface area contributed by atoms with Crippen LogP contribution < -0.4 is 0 Å². The maximum atomic E-state index is 10.6. The quantitative estimate of drug-likeness (QED) is 0.493. The lowest BCUT2D eigenvalue weighted by atomic mass is 10.1. The molecular weight excluding hydrogens is 139 g/mol. The highest BCUT2D eigenvalue weighted by molar-refractivity contribution is 7.33. The Morgan fingerprint density at radius 3 is 2.56 bits per heavy atom. The average molecular weight is 149 g/mol. The van der Waals surface area contributed by atoms with Gasteiger partial charge in [-0.3, -0.25) is 9.05 Å². The summed E-state index contributed by atoms with van der Waals surface area (Å²) in [7, 11) is -1.83. The van der Waals surface area contributed by atoms with Crippen LogP contribution in [0.1, 0.15) is 20.3 Å². The molecule has 3 nitrogen and oxygen atoms in total. The van der Waals surface area contributed by atoms with E-state index < -0.39 is 8.25 Å². The van der Waals surface area contributed by atoms with Crippen molar-refractivity contribution in [1.82, 2.24) is 0 Å². The zero-order chi connectivity index (χ0) is 6.91. The van der Waals surface area contributed by atoms with Crippen LogP contribution in [0.4, 0.5) is 0 Å². The molecule has 1 heterocycles. The fourth-order valence-electron chi connectivity index (χ4n) is 0.640. The topological polar surface area (TPSA) is 35.5 Å². The summed E-state index contributed by atoms with van der Waals surface area (Å²) in [6.45, 7) is 4.35. The molecule has 0 aromatic heterocycles. The van der Waals surface area contributed by atoms with Gasteiger partial charge in [0.2, 0.25) is 0 Å². The summed E-state index contributed by atoms with van der Waals surface area (Å²) in [5.74, 6) is 0. The molecule has 4 heteroatoms. The van der Waals surface area contributed by atoms with Gasteiger partial charge in [-0.25, -0.2) is 4.57 Å². The third-order valence-electron chi connectivity index (χ3n) is 1.22. The van der Waals surface area contributed by atoms with Crippen LogP contribution in [0.2, 0.25) is 0 Å². The van der Waals surface area contributed by atoms with Gasteiger partial charge in [0.15, 0.2) is 0 Å². The van der Waals surface area contributed by atoms with Crippen molar-refractivity contribution in [2.45, 2.75) is 25.9 Å². The van der Waals surface area contributed by atoms with E-state index in [9.17, 15) is 4.57 Å². The molecule has 0 aliphatic carbocycles. The van der Waals surface area contributed by atoms with Crippen LogP contribution in [0.25, 0.3) is 0 Å². The van der Waals surface area contributed by atoms with Gasteiger partial charge in [-0.05, 0) is 13.8 Å². The first-order valence-electron chi connectivity index (χ1n) is 2.89. The van der Waals surface area contributed by atoms with Crippen molar-refractivity contribution in [3.8, 4) is 0 Å². The molecule has 0 amide bonds. The van der Waals surface area contributed by atoms with E-state index in [1.807, 2.05) is 13.8 Å². The first kappa shape index (κ1) is 7.13. The van der Waals surface area contributed by atoms with Crippen molar-refractivity contribution in [1.29, 1.82) is 0 Å². The average Bonchev–Trinajstić information content (AvgIpc) is 1.60. The second kappa shape index (κ2) is 2.33. The van der Waals surface area contributed by atoms with Crippen molar-refractivity contribution in [2.24, 2.45) is 0 Å². The number of hydrogen-bond donors (Lipinski definition) is 0. The molecule has 0 spiro atoms. The third-order valence-corrected chi connectivity index (χ3v) is 2.26. The largest absolute Gasteiger partial charge is 0.369 e. The lowest BCUT2D eigenvalue weighted by molar-refractivity contribution is 0.0317. The van der Waals surface area contributed by atoms with Gasteiger partial charge in [0.25, 0.3) is 0 Å². The predicted molar refractivity (Wildman–Crippen MR) is 33.3 cm³/mol. The van der Waals surface area contributed by atoms with Crippen molar-refractivity contribution >= 4 is 8.25 Å². The summed E-state index contributed by atoms with van der Waals surface area (Å²) >= 11 is 0. The second-order valence-electron chi connectivity index (χ2n) is 2.66. The Morgan fingerprint density at radius 1 is 1.56 bits per heavy atom. The molecule has 0 saturated carbocycles. The summed E-state index contributed by atoms with van der Waals surface area (Å²) in [5.41, 5.74) is -0.258. The van der Waals surface area contributed by atoms with Crippen LogP contribution in [0.5, 0.6) is 0 Å². The number of hydrogen-bond acceptors (Lipinski definition) is 3. The zero-order valence-electron chi connectivity index (χ0n) is 5.59. The van der Waals surface area contributed by atoms with E-state index in [1.165, 1.54) is 0 Å². The Balaban J connectivity index is 2.51. The van der Waals surface area contributed by atoms with Gasteiger partial charge in [0.05, 0.1) is 12.2 Å². The summed E-state index contributed by atoms with van der Waals surface area (Å²) in [6.07, 6.45) is 0.814. The normalized spacial score (nSPS) is 30.2. The van der Waals surface area contributed by atoms with E-state index in [0.29, 0.717) is 6.61 Å². The van der Waals surface area contributed by atoms with E-state index >= 15 is 0 Å². The molecule has 1 aliphatic heterocycles. The zero-order valence-corrected chi connectivity index (χ0v) is 6.48. The smallest absolute Gasteiger partial charge is 0.283 e. The molecule has 9 heavy (non-hydrogen) atoms. The van der Waals surface area contributed by atoms with Crippen molar-refractivity contribution < 1.29 is 13.6 Å². The van der Waals surface area contributed by atoms with Crippen LogP contribution in [0.3, 0.4) is 0 Å². The lowest BCUT2D eigenvalue weighted by Crippen LogP contribution is -2.26. The molecular formula is C5H10O3P. The highest BCUT2D eigenvalue weighted by Crippen LogP contribution is 2.37. The fraction of sp³-hybridized carbons (Fsp3) is 1.00. The number of rotatable bonds is 0. The minimum atomic E-state index is -1.83. The van der Waals surface area contributed by atoms with Gasteiger partial charge >= 0.3 is 8.25 Å². The summed E-state index contributed by atoms with van der Waals surface area (Å²) in [4.78, 5) is 0. The molecule has 1 saturated heterocycles. The minimum absolute atomic E-state index is 0.258. The van der Waals surface area contributed by atoms with E-state index in [4.69, 9.17) is 9.05 Å². The van der Waals surface area contributed by atoms with Crippen LogP contribution in [0.15, 0.2) is 0 Å². The molecule has 0 N–H and O–H groups in total. The van der Waals surface area contributed by atoms with Crippen LogP contribution in [-0.2, 0) is 13.6 Å². The molecule has 1 radical (unpaired) electrons. The standard InChI is InChI=1S/C5H10O3P/c1-5(2)3-4-7-9(6)8-5/h3-4H2,1-2H3. The molecule has 1 rings (SSSR count). The maximum Gasteiger partial charge on any atom is 0.369 e. The van der Waals surface area contributed by atoms with E-state index in [0.717, 1.165) is 6.42 Å². The van der Waals surface area contributed by atoms with Crippen molar-refractivity contribution in [3.63, 3.8) is 0 Å². The highest BCUT2D eigenvalue weighted by Gasteiger charge is 2.27. The monoisotopic (exact) mass is 149 g/mol. The summed E-state index contributed by atoms with van der Waals surface area (Å²) < 4.78 is 20.2. The first-order chi connectivity index (χ1) is 4.10. The van der Waals surface area contributed by atoms with Crippen LogP contribution in [-0.4, -0.2) is 12.2 Å². The van der Waals surface area contributed by atoms with Gasteiger partial charge in [0.1, 0.15) is 0 Å². The van der Waals surface area contributed by atoms with Gasteiger partial charge in [-0.15, -0.1) is 0 Å². The molecule has 0 aromatic carbocycles. The predicted octanol–water partition coefficient (Wildman–Crippen LogP) is 1.86. The van der Waals surface area contributed by atoms with Gasteiger partial charge in [0, 0.05) is 6.42 Å². The van der Waals surface area contributed by atoms with Crippen LogP contribution >= 0.6 is 8.25 Å². The van der Waals surface area contributed by atoms with Gasteiger partial charge in [-0.1, -0.05) is 0 Å².